The molecule has 8 nitrogen and oxygen atoms in total. The molecule has 0 radical (unpaired) electrons. The van der Waals surface area contributed by atoms with Gasteiger partial charge in [-0.1, -0.05) is 11.8 Å². The number of carbonyl (C=O) groups is 1. The van der Waals surface area contributed by atoms with E-state index in [0.717, 1.165) is 5.69 Å². The standard InChI is InChI=1S/C25H26N6O2/c1-25(2,3)33-24(32)27-14-6-4-5-9-20-18-28-23(30-22(20)31-15-7-8-16-31)29-21-12-10-19(17-26)11-13-21/h7-8,10-13,15-16,18H,4,6,14H2,1-3H3,(H,27,32)(H,28,29,30). The van der Waals surface area contributed by atoms with Crippen LogP contribution in [0.15, 0.2) is 55.0 Å². The van der Waals surface area contributed by atoms with Crippen LogP contribution in [0.5, 0.6) is 0 Å². The third-order valence-corrected chi connectivity index (χ3v) is 4.26. The second kappa shape index (κ2) is 10.8. The normalized spacial score (nSPS) is 10.5. The molecule has 168 valence electrons. The van der Waals surface area contributed by atoms with Gasteiger partial charge in [0.1, 0.15) is 5.60 Å². The van der Waals surface area contributed by atoms with Gasteiger partial charge in [-0.15, -0.1) is 0 Å². The van der Waals surface area contributed by atoms with Gasteiger partial charge in [-0.05, 0) is 63.6 Å². The summed E-state index contributed by atoms with van der Waals surface area (Å²) in [6.07, 6.45) is 6.34. The van der Waals surface area contributed by atoms with Crippen molar-refractivity contribution < 1.29 is 9.53 Å². The number of amides is 1. The highest BCUT2D eigenvalue weighted by Crippen LogP contribution is 2.17. The first-order chi connectivity index (χ1) is 15.8. The van der Waals surface area contributed by atoms with Gasteiger partial charge < -0.3 is 19.9 Å². The number of hydrogen-bond acceptors (Lipinski definition) is 6. The summed E-state index contributed by atoms with van der Waals surface area (Å²) in [4.78, 5) is 20.7. The van der Waals surface area contributed by atoms with E-state index in [2.05, 4.69) is 38.5 Å². The SMILES string of the molecule is CC(C)(C)OC(=O)NCCCC#Cc1cnc(Nc2ccc(C#N)cc2)nc1-n1cccc1. The zero-order valence-electron chi connectivity index (χ0n) is 18.9. The molecule has 1 amide bonds. The second-order valence-corrected chi connectivity index (χ2v) is 8.17. The topological polar surface area (TPSA) is 105 Å². The molecule has 2 heterocycles. The molecule has 33 heavy (non-hydrogen) atoms. The molecule has 0 fully saturated rings. The Morgan fingerprint density at radius 3 is 2.58 bits per heavy atom. The highest BCUT2D eigenvalue weighted by molar-refractivity contribution is 5.67. The third kappa shape index (κ3) is 7.41. The minimum Gasteiger partial charge on any atom is -0.444 e. The van der Waals surface area contributed by atoms with Crippen molar-refractivity contribution in [1.82, 2.24) is 19.9 Å². The Morgan fingerprint density at radius 1 is 1.18 bits per heavy atom. The van der Waals surface area contributed by atoms with Gasteiger partial charge in [0.25, 0.3) is 0 Å². The monoisotopic (exact) mass is 442 g/mol. The number of anilines is 2. The Morgan fingerprint density at radius 2 is 1.91 bits per heavy atom. The zero-order chi connectivity index (χ0) is 23.7. The van der Waals surface area contributed by atoms with E-state index in [-0.39, 0.29) is 0 Å². The number of nitriles is 1. The average molecular weight is 443 g/mol. The molecule has 0 saturated carbocycles. The summed E-state index contributed by atoms with van der Waals surface area (Å²) in [5.74, 6) is 7.34. The number of nitrogens with zero attached hydrogens (tertiary/aromatic N) is 4. The van der Waals surface area contributed by atoms with E-state index in [1.54, 1.807) is 30.5 Å². The van der Waals surface area contributed by atoms with Crippen molar-refractivity contribution >= 4 is 17.7 Å². The van der Waals surface area contributed by atoms with Crippen LogP contribution in [0.4, 0.5) is 16.4 Å². The highest BCUT2D eigenvalue weighted by Gasteiger charge is 2.15. The number of rotatable bonds is 6. The Bertz CT molecular complexity index is 1180. The molecular formula is C25H26N6O2. The molecule has 0 aliphatic carbocycles. The molecule has 0 atom stereocenters. The number of ether oxygens (including phenoxy) is 1. The molecule has 3 rings (SSSR count). The molecule has 0 aliphatic heterocycles. The van der Waals surface area contributed by atoms with Gasteiger partial charge in [0, 0.05) is 31.0 Å². The first kappa shape index (κ1) is 23.4. The number of benzene rings is 1. The van der Waals surface area contributed by atoms with Gasteiger partial charge in [0.2, 0.25) is 5.95 Å². The highest BCUT2D eigenvalue weighted by atomic mass is 16.6. The van der Waals surface area contributed by atoms with Crippen molar-refractivity contribution in [2.24, 2.45) is 0 Å². The average Bonchev–Trinajstić information content (AvgIpc) is 3.31. The van der Waals surface area contributed by atoms with Gasteiger partial charge in [-0.25, -0.2) is 9.78 Å². The molecule has 0 unspecified atom stereocenters. The lowest BCUT2D eigenvalue weighted by molar-refractivity contribution is 0.0527. The molecule has 0 bridgehead atoms. The molecular weight excluding hydrogens is 416 g/mol. The summed E-state index contributed by atoms with van der Waals surface area (Å²) in [5.41, 5.74) is 1.54. The van der Waals surface area contributed by atoms with Crippen molar-refractivity contribution in [3.63, 3.8) is 0 Å². The van der Waals surface area contributed by atoms with E-state index in [1.165, 1.54) is 0 Å². The lowest BCUT2D eigenvalue weighted by Gasteiger charge is -2.19. The summed E-state index contributed by atoms with van der Waals surface area (Å²) >= 11 is 0. The molecule has 8 heteroatoms. The number of nitrogens with one attached hydrogen (secondary N) is 2. The summed E-state index contributed by atoms with van der Waals surface area (Å²) in [6.45, 7) is 5.97. The Balaban J connectivity index is 1.65. The van der Waals surface area contributed by atoms with Gasteiger partial charge in [0.15, 0.2) is 5.82 Å². The second-order valence-electron chi connectivity index (χ2n) is 8.17. The first-order valence-corrected chi connectivity index (χ1v) is 10.6. The van der Waals surface area contributed by atoms with Crippen molar-refractivity contribution in [2.75, 3.05) is 11.9 Å². The summed E-state index contributed by atoms with van der Waals surface area (Å²) in [7, 11) is 0. The Kier molecular flexibility index (Phi) is 7.67. The van der Waals surface area contributed by atoms with E-state index in [9.17, 15) is 4.79 Å². The number of unbranched alkanes of at least 4 members (excludes halogenated alkanes) is 1. The minimum absolute atomic E-state index is 0.426. The van der Waals surface area contributed by atoms with Crippen LogP contribution in [-0.2, 0) is 4.74 Å². The van der Waals surface area contributed by atoms with Gasteiger partial charge in [0.05, 0.1) is 23.4 Å². The molecule has 3 aromatic rings. The summed E-state index contributed by atoms with van der Waals surface area (Å²) in [6, 6.07) is 13.0. The predicted molar refractivity (Wildman–Crippen MR) is 126 cm³/mol. The number of carbonyl (C=O) groups excluding carboxylic acids is 1. The van der Waals surface area contributed by atoms with Crippen molar-refractivity contribution in [3.8, 4) is 23.7 Å². The lowest BCUT2D eigenvalue weighted by Crippen LogP contribution is -2.32. The van der Waals surface area contributed by atoms with Gasteiger partial charge >= 0.3 is 6.09 Å². The molecule has 0 saturated heterocycles. The number of hydrogen-bond donors (Lipinski definition) is 2. The van der Waals surface area contributed by atoms with Gasteiger partial charge in [-0.3, -0.25) is 0 Å². The van der Waals surface area contributed by atoms with Crippen LogP contribution >= 0.6 is 0 Å². The minimum atomic E-state index is -0.514. The van der Waals surface area contributed by atoms with Gasteiger partial charge in [-0.2, -0.15) is 10.2 Å². The maximum absolute atomic E-state index is 11.7. The molecule has 1 aromatic carbocycles. The van der Waals surface area contributed by atoms with E-state index in [4.69, 9.17) is 10.00 Å². The fraction of sp³-hybridized carbons (Fsp3) is 0.280. The van der Waals surface area contributed by atoms with Crippen molar-refractivity contribution in [3.05, 3.63) is 66.1 Å². The number of aromatic nitrogens is 3. The fourth-order valence-corrected chi connectivity index (χ4v) is 2.79. The molecule has 0 aliphatic rings. The molecule has 2 N–H and O–H groups in total. The third-order valence-electron chi connectivity index (χ3n) is 4.26. The molecule has 2 aromatic heterocycles. The Hall–Kier alpha value is -4.30. The smallest absolute Gasteiger partial charge is 0.407 e. The maximum Gasteiger partial charge on any atom is 0.407 e. The van der Waals surface area contributed by atoms with E-state index in [0.29, 0.717) is 42.3 Å². The van der Waals surface area contributed by atoms with E-state index >= 15 is 0 Å². The first-order valence-electron chi connectivity index (χ1n) is 10.6. The lowest BCUT2D eigenvalue weighted by atomic mass is 10.2. The summed E-state index contributed by atoms with van der Waals surface area (Å²) < 4.78 is 7.09. The van der Waals surface area contributed by atoms with Crippen LogP contribution in [0, 0.1) is 23.2 Å². The van der Waals surface area contributed by atoms with Crippen LogP contribution in [0.3, 0.4) is 0 Å². The van der Waals surface area contributed by atoms with Crippen LogP contribution in [0.25, 0.3) is 5.82 Å². The number of alkyl carbamates (subject to hydrolysis) is 1. The Labute approximate surface area is 193 Å². The summed E-state index contributed by atoms with van der Waals surface area (Å²) in [5, 5.41) is 14.8. The quantitative estimate of drug-likeness (QED) is 0.429. The van der Waals surface area contributed by atoms with Crippen LogP contribution < -0.4 is 10.6 Å². The van der Waals surface area contributed by atoms with Crippen LogP contribution in [0.1, 0.15) is 44.7 Å². The zero-order valence-corrected chi connectivity index (χ0v) is 18.9. The molecule has 0 spiro atoms. The van der Waals surface area contributed by atoms with Crippen molar-refractivity contribution in [1.29, 1.82) is 5.26 Å². The predicted octanol–water partition coefficient (Wildman–Crippen LogP) is 4.54. The van der Waals surface area contributed by atoms with Crippen molar-refractivity contribution in [2.45, 2.75) is 39.2 Å². The fourth-order valence-electron chi connectivity index (χ4n) is 2.79. The van der Waals surface area contributed by atoms with Crippen LogP contribution in [-0.4, -0.2) is 32.8 Å². The van der Waals surface area contributed by atoms with E-state index in [1.807, 2.05) is 49.9 Å². The van der Waals surface area contributed by atoms with E-state index < -0.39 is 11.7 Å². The van der Waals surface area contributed by atoms with Crippen LogP contribution in [0.2, 0.25) is 0 Å². The maximum atomic E-state index is 11.7. The largest absolute Gasteiger partial charge is 0.444 e.